The van der Waals surface area contributed by atoms with Gasteiger partial charge in [0, 0.05) is 32.2 Å². The molecule has 0 radical (unpaired) electrons. The van der Waals surface area contributed by atoms with Crippen molar-refractivity contribution in [2.24, 2.45) is 0 Å². The molecule has 1 saturated heterocycles. The molecule has 0 aromatic heterocycles. The number of carbonyl (C=O) groups excluding carboxylic acids is 3. The van der Waals surface area contributed by atoms with Crippen molar-refractivity contribution in [3.05, 3.63) is 0 Å². The highest BCUT2D eigenvalue weighted by molar-refractivity contribution is 5.84. The molecule has 2 N–H and O–H groups in total. The van der Waals surface area contributed by atoms with E-state index in [1.165, 1.54) is 0 Å². The molecule has 0 unspecified atom stereocenters. The zero-order valence-electron chi connectivity index (χ0n) is 12.3. The molecule has 8 nitrogen and oxygen atoms in total. The molecular weight excluding hydrogens is 276 g/mol. The summed E-state index contributed by atoms with van der Waals surface area (Å²) < 4.78 is 4.92. The van der Waals surface area contributed by atoms with Crippen molar-refractivity contribution >= 4 is 18.0 Å². The lowest BCUT2D eigenvalue weighted by molar-refractivity contribution is -0.131. The van der Waals surface area contributed by atoms with Crippen LogP contribution in [0.5, 0.6) is 0 Å². The zero-order chi connectivity index (χ0) is 15.2. The second-order valence-corrected chi connectivity index (χ2v) is 5.17. The first-order valence-corrected chi connectivity index (χ1v) is 7.34. The summed E-state index contributed by atoms with van der Waals surface area (Å²) in [5, 5.41) is 5.32. The van der Waals surface area contributed by atoms with Gasteiger partial charge in [0.15, 0.2) is 0 Å². The van der Waals surface area contributed by atoms with E-state index in [-0.39, 0.29) is 30.6 Å². The summed E-state index contributed by atoms with van der Waals surface area (Å²) >= 11 is 0. The highest BCUT2D eigenvalue weighted by atomic mass is 16.6. The summed E-state index contributed by atoms with van der Waals surface area (Å²) in [6, 6.07) is -0.0239. The zero-order valence-corrected chi connectivity index (χ0v) is 12.3. The molecule has 2 rings (SSSR count). The molecule has 2 aliphatic rings. The molecule has 4 amide bonds. The molecule has 118 valence electrons. The average Bonchev–Trinajstić information content (AvgIpc) is 3.29. The quantitative estimate of drug-likeness (QED) is 0.748. The normalized spacial score (nSPS) is 18.1. The van der Waals surface area contributed by atoms with Crippen LogP contribution >= 0.6 is 0 Å². The summed E-state index contributed by atoms with van der Waals surface area (Å²) in [7, 11) is 0. The number of carbonyl (C=O) groups is 3. The van der Waals surface area contributed by atoms with E-state index >= 15 is 0 Å². The Labute approximate surface area is 123 Å². The topological polar surface area (TPSA) is 91.0 Å². The SMILES string of the molecule is CCOC(=O)N1CCN(C(=O)CNC(=O)NC2CC2)CC1. The van der Waals surface area contributed by atoms with Gasteiger partial charge >= 0.3 is 12.1 Å². The van der Waals surface area contributed by atoms with Crippen LogP contribution in [0, 0.1) is 0 Å². The molecule has 0 spiro atoms. The molecule has 0 aromatic rings. The minimum absolute atomic E-state index is 0.0159. The lowest BCUT2D eigenvalue weighted by atomic mass is 10.3. The van der Waals surface area contributed by atoms with Crippen molar-refractivity contribution in [2.75, 3.05) is 39.3 Å². The third kappa shape index (κ3) is 4.80. The van der Waals surface area contributed by atoms with Gasteiger partial charge in [-0.25, -0.2) is 9.59 Å². The molecule has 1 aliphatic heterocycles. The van der Waals surface area contributed by atoms with Crippen LogP contribution in [0.4, 0.5) is 9.59 Å². The highest BCUT2D eigenvalue weighted by Crippen LogP contribution is 2.18. The molecule has 2 fully saturated rings. The Morgan fingerprint density at radius 2 is 1.71 bits per heavy atom. The molecule has 0 aromatic carbocycles. The largest absolute Gasteiger partial charge is 0.450 e. The van der Waals surface area contributed by atoms with Crippen LogP contribution in [0.25, 0.3) is 0 Å². The molecule has 0 bridgehead atoms. The van der Waals surface area contributed by atoms with Crippen LogP contribution in [-0.4, -0.2) is 73.2 Å². The van der Waals surface area contributed by atoms with E-state index in [0.717, 1.165) is 12.8 Å². The fourth-order valence-electron chi connectivity index (χ4n) is 2.08. The third-order valence-electron chi connectivity index (χ3n) is 3.47. The number of nitrogens with zero attached hydrogens (tertiary/aromatic N) is 2. The Balaban J connectivity index is 1.65. The van der Waals surface area contributed by atoms with Crippen molar-refractivity contribution < 1.29 is 19.1 Å². The van der Waals surface area contributed by atoms with E-state index in [9.17, 15) is 14.4 Å². The monoisotopic (exact) mass is 298 g/mol. The molecule has 8 heteroatoms. The Morgan fingerprint density at radius 1 is 1.10 bits per heavy atom. The number of nitrogens with one attached hydrogen (secondary N) is 2. The maximum absolute atomic E-state index is 12.0. The van der Waals surface area contributed by atoms with Crippen LogP contribution in [-0.2, 0) is 9.53 Å². The van der Waals surface area contributed by atoms with Gasteiger partial charge in [-0.3, -0.25) is 4.79 Å². The second kappa shape index (κ2) is 7.14. The average molecular weight is 298 g/mol. The number of amides is 4. The van der Waals surface area contributed by atoms with Crippen molar-refractivity contribution in [2.45, 2.75) is 25.8 Å². The van der Waals surface area contributed by atoms with Crippen molar-refractivity contribution in [1.29, 1.82) is 0 Å². The Hall–Kier alpha value is -1.99. The summed E-state index contributed by atoms with van der Waals surface area (Å²) in [5.74, 6) is -0.135. The Morgan fingerprint density at radius 3 is 2.29 bits per heavy atom. The number of ether oxygens (including phenoxy) is 1. The second-order valence-electron chi connectivity index (χ2n) is 5.17. The van der Waals surface area contributed by atoms with E-state index in [1.807, 2.05) is 0 Å². The van der Waals surface area contributed by atoms with E-state index in [2.05, 4.69) is 10.6 Å². The van der Waals surface area contributed by atoms with E-state index < -0.39 is 0 Å². The Kier molecular flexibility index (Phi) is 5.24. The minimum atomic E-state index is -0.341. The highest BCUT2D eigenvalue weighted by Gasteiger charge is 2.26. The van der Waals surface area contributed by atoms with E-state index in [1.54, 1.807) is 16.7 Å². The molecule has 21 heavy (non-hydrogen) atoms. The molecule has 1 saturated carbocycles. The first-order chi connectivity index (χ1) is 10.1. The van der Waals surface area contributed by atoms with Crippen LogP contribution in [0.1, 0.15) is 19.8 Å². The summed E-state index contributed by atoms with van der Waals surface area (Å²) in [5.41, 5.74) is 0. The smallest absolute Gasteiger partial charge is 0.409 e. The van der Waals surface area contributed by atoms with Gasteiger partial charge in [-0.2, -0.15) is 0 Å². The predicted octanol–water partition coefficient (Wildman–Crippen LogP) is -0.251. The minimum Gasteiger partial charge on any atom is -0.450 e. The van der Waals surface area contributed by atoms with Crippen LogP contribution in [0.2, 0.25) is 0 Å². The molecule has 1 heterocycles. The number of piperazine rings is 1. The van der Waals surface area contributed by atoms with Gasteiger partial charge in [-0.1, -0.05) is 0 Å². The molecular formula is C13H22N4O4. The van der Waals surface area contributed by atoms with Crippen LogP contribution < -0.4 is 10.6 Å². The summed E-state index contributed by atoms with van der Waals surface area (Å²) in [6.07, 6.45) is 1.68. The van der Waals surface area contributed by atoms with E-state index in [4.69, 9.17) is 4.74 Å². The van der Waals surface area contributed by atoms with Gasteiger partial charge < -0.3 is 25.2 Å². The van der Waals surface area contributed by atoms with Gasteiger partial charge in [-0.15, -0.1) is 0 Å². The molecule has 1 aliphatic carbocycles. The van der Waals surface area contributed by atoms with Crippen LogP contribution in [0.3, 0.4) is 0 Å². The number of hydrogen-bond acceptors (Lipinski definition) is 4. The fraction of sp³-hybridized carbons (Fsp3) is 0.769. The molecule has 0 atom stereocenters. The van der Waals surface area contributed by atoms with Crippen molar-refractivity contribution in [3.8, 4) is 0 Å². The standard InChI is InChI=1S/C13H22N4O4/c1-2-21-13(20)17-7-5-16(6-8-17)11(18)9-14-12(19)15-10-3-4-10/h10H,2-9H2,1H3,(H2,14,15,19). The lowest BCUT2D eigenvalue weighted by Gasteiger charge is -2.34. The lowest BCUT2D eigenvalue weighted by Crippen LogP contribution is -2.53. The maximum atomic E-state index is 12.0. The summed E-state index contributed by atoms with van der Waals surface area (Å²) in [4.78, 5) is 38.1. The van der Waals surface area contributed by atoms with Crippen molar-refractivity contribution in [1.82, 2.24) is 20.4 Å². The van der Waals surface area contributed by atoms with Gasteiger partial charge in [0.2, 0.25) is 5.91 Å². The number of rotatable bonds is 4. The number of hydrogen-bond donors (Lipinski definition) is 2. The fourth-order valence-corrected chi connectivity index (χ4v) is 2.08. The first-order valence-electron chi connectivity index (χ1n) is 7.34. The van der Waals surface area contributed by atoms with Gasteiger partial charge in [-0.05, 0) is 19.8 Å². The van der Waals surface area contributed by atoms with Gasteiger partial charge in [0.25, 0.3) is 0 Å². The van der Waals surface area contributed by atoms with Crippen LogP contribution in [0.15, 0.2) is 0 Å². The summed E-state index contributed by atoms with van der Waals surface area (Å²) in [6.45, 7) is 3.93. The Bertz CT molecular complexity index is 403. The third-order valence-corrected chi connectivity index (χ3v) is 3.47. The van der Waals surface area contributed by atoms with Gasteiger partial charge in [0.05, 0.1) is 13.2 Å². The number of urea groups is 1. The maximum Gasteiger partial charge on any atom is 0.409 e. The first kappa shape index (κ1) is 15.4. The van der Waals surface area contributed by atoms with Crippen molar-refractivity contribution in [3.63, 3.8) is 0 Å². The van der Waals surface area contributed by atoms with E-state index in [0.29, 0.717) is 32.8 Å². The van der Waals surface area contributed by atoms with Gasteiger partial charge in [0.1, 0.15) is 0 Å². The predicted molar refractivity (Wildman–Crippen MR) is 74.7 cm³/mol.